The second-order valence-corrected chi connectivity index (χ2v) is 3.74. The smallest absolute Gasteiger partial charge is 0.0657 e. The predicted molar refractivity (Wildman–Crippen MR) is 61.0 cm³/mol. The van der Waals surface area contributed by atoms with Gasteiger partial charge in [0.25, 0.3) is 0 Å². The summed E-state index contributed by atoms with van der Waals surface area (Å²) in [6.07, 6.45) is 2.10. The van der Waals surface area contributed by atoms with Crippen molar-refractivity contribution in [1.29, 1.82) is 0 Å². The highest BCUT2D eigenvalue weighted by molar-refractivity contribution is 7.09. The van der Waals surface area contributed by atoms with E-state index in [-0.39, 0.29) is 12.7 Å². The van der Waals surface area contributed by atoms with Crippen LogP contribution in [0.4, 0.5) is 0 Å². The average Bonchev–Trinajstić information content (AvgIpc) is 2.16. The molecule has 0 aliphatic rings. The van der Waals surface area contributed by atoms with Crippen LogP contribution in [0.2, 0.25) is 0 Å². The van der Waals surface area contributed by atoms with Crippen molar-refractivity contribution >= 4 is 9.47 Å². The zero-order chi connectivity index (χ0) is 11.0. The Hall–Kier alpha value is 0.0500. The quantitative estimate of drug-likeness (QED) is 0.483. The Bertz CT molecular complexity index is 161. The van der Waals surface area contributed by atoms with E-state index in [1.54, 1.807) is 0 Å². The lowest BCUT2D eigenvalue weighted by molar-refractivity contribution is 0.0894. The number of aliphatic hydroxyl groups is 2. The van der Waals surface area contributed by atoms with E-state index in [2.05, 4.69) is 16.0 Å². The largest absolute Gasteiger partial charge is 0.396 e. The lowest BCUT2D eigenvalue weighted by atomic mass is 10.0. The third-order valence-electron chi connectivity index (χ3n) is 2.20. The van der Waals surface area contributed by atoms with Crippen LogP contribution in [0.15, 0.2) is 12.2 Å². The molecule has 0 saturated heterocycles. The summed E-state index contributed by atoms with van der Waals surface area (Å²) in [6.45, 7) is 5.94. The summed E-state index contributed by atoms with van der Waals surface area (Å²) in [5.74, 6) is 0. The molecule has 3 nitrogen and oxygen atoms in total. The highest BCUT2D eigenvalue weighted by atomic mass is 31.0. The summed E-state index contributed by atoms with van der Waals surface area (Å²) in [4.78, 5) is 0. The predicted octanol–water partition coefficient (Wildman–Crippen LogP) is 1.65. The number of aliphatic hydroxyl groups excluding tert-OH is 2. The van der Waals surface area contributed by atoms with Crippen molar-refractivity contribution in [1.82, 2.24) is 0 Å². The maximum absolute atomic E-state index is 9.65. The van der Waals surface area contributed by atoms with Gasteiger partial charge in [0.15, 0.2) is 0 Å². The molecule has 2 N–H and O–H groups in total. The van der Waals surface area contributed by atoms with Crippen LogP contribution in [-0.2, 0) is 4.52 Å². The molecular formula is C10H21O3P. The van der Waals surface area contributed by atoms with Crippen molar-refractivity contribution < 1.29 is 14.7 Å². The van der Waals surface area contributed by atoms with E-state index < -0.39 is 6.10 Å². The van der Waals surface area contributed by atoms with E-state index in [0.717, 1.165) is 12.0 Å². The van der Waals surface area contributed by atoms with Crippen LogP contribution in [-0.4, -0.2) is 29.0 Å². The van der Waals surface area contributed by atoms with Gasteiger partial charge in [-0.3, -0.25) is 0 Å². The highest BCUT2D eigenvalue weighted by Crippen LogP contribution is 2.16. The number of rotatable bonds is 8. The zero-order valence-electron chi connectivity index (χ0n) is 8.78. The third kappa shape index (κ3) is 6.50. The first kappa shape index (κ1) is 14.1. The minimum atomic E-state index is -0.417. The van der Waals surface area contributed by atoms with Gasteiger partial charge in [-0.1, -0.05) is 19.1 Å². The second-order valence-electron chi connectivity index (χ2n) is 3.47. The van der Waals surface area contributed by atoms with Crippen LogP contribution in [0.1, 0.15) is 32.6 Å². The second kappa shape index (κ2) is 8.37. The molecule has 0 radical (unpaired) electrons. The van der Waals surface area contributed by atoms with E-state index >= 15 is 0 Å². The van der Waals surface area contributed by atoms with Crippen LogP contribution in [0.5, 0.6) is 0 Å². The monoisotopic (exact) mass is 220 g/mol. The maximum atomic E-state index is 9.65. The lowest BCUT2D eigenvalue weighted by Gasteiger charge is -2.18. The van der Waals surface area contributed by atoms with Crippen molar-refractivity contribution in [3.05, 3.63) is 12.2 Å². The van der Waals surface area contributed by atoms with Gasteiger partial charge in [-0.2, -0.15) is 0 Å². The molecule has 0 rings (SSSR count). The van der Waals surface area contributed by atoms with Gasteiger partial charge >= 0.3 is 0 Å². The standard InChI is InChI=1S/C10H21O3P/c1-3-8(2)6-9(12)7-10(13-14)4-5-11/h9-12H,2-7,14H2,1H3/t9-,10-/m0/s1. The maximum Gasteiger partial charge on any atom is 0.0657 e. The molecule has 84 valence electrons. The van der Waals surface area contributed by atoms with E-state index in [9.17, 15) is 5.11 Å². The Balaban J connectivity index is 3.77. The van der Waals surface area contributed by atoms with E-state index in [1.165, 1.54) is 0 Å². The fourth-order valence-electron chi connectivity index (χ4n) is 1.25. The summed E-state index contributed by atoms with van der Waals surface area (Å²) < 4.78 is 5.04. The Morgan fingerprint density at radius 2 is 2.21 bits per heavy atom. The average molecular weight is 220 g/mol. The van der Waals surface area contributed by atoms with Crippen molar-refractivity contribution in [2.75, 3.05) is 6.61 Å². The minimum Gasteiger partial charge on any atom is -0.396 e. The molecule has 0 aromatic heterocycles. The first-order valence-corrected chi connectivity index (χ1v) is 5.42. The van der Waals surface area contributed by atoms with Crippen molar-refractivity contribution in [3.63, 3.8) is 0 Å². The molecule has 0 aromatic carbocycles. The van der Waals surface area contributed by atoms with Gasteiger partial charge in [0.1, 0.15) is 0 Å². The molecule has 14 heavy (non-hydrogen) atoms. The molecule has 1 unspecified atom stereocenters. The van der Waals surface area contributed by atoms with Gasteiger partial charge in [-0.25, -0.2) is 0 Å². The van der Waals surface area contributed by atoms with Gasteiger partial charge in [0, 0.05) is 22.5 Å². The molecule has 4 heteroatoms. The first-order chi connectivity index (χ1) is 6.63. The van der Waals surface area contributed by atoms with E-state index in [0.29, 0.717) is 19.3 Å². The Morgan fingerprint density at radius 1 is 1.57 bits per heavy atom. The summed E-state index contributed by atoms with van der Waals surface area (Å²) in [5.41, 5.74) is 1.05. The molecule has 0 fully saturated rings. The number of hydrogen-bond donors (Lipinski definition) is 2. The van der Waals surface area contributed by atoms with Gasteiger partial charge in [-0.05, 0) is 19.3 Å². The fourth-order valence-corrected chi connectivity index (χ4v) is 1.50. The third-order valence-corrected chi connectivity index (χ3v) is 2.59. The van der Waals surface area contributed by atoms with E-state index in [4.69, 9.17) is 9.63 Å². The Morgan fingerprint density at radius 3 is 2.64 bits per heavy atom. The van der Waals surface area contributed by atoms with Gasteiger partial charge in [0.2, 0.25) is 0 Å². The summed E-state index contributed by atoms with van der Waals surface area (Å²) in [6, 6.07) is 0. The first-order valence-electron chi connectivity index (χ1n) is 4.95. The van der Waals surface area contributed by atoms with Crippen LogP contribution in [0.3, 0.4) is 0 Å². The summed E-state index contributed by atoms with van der Waals surface area (Å²) >= 11 is 0. The molecule has 0 bridgehead atoms. The van der Waals surface area contributed by atoms with Crippen molar-refractivity contribution in [2.45, 2.75) is 44.8 Å². The molecule has 0 aromatic rings. The molecule has 0 aliphatic heterocycles. The molecular weight excluding hydrogens is 199 g/mol. The van der Waals surface area contributed by atoms with Crippen molar-refractivity contribution in [3.8, 4) is 0 Å². The van der Waals surface area contributed by atoms with Gasteiger partial charge < -0.3 is 14.7 Å². The minimum absolute atomic E-state index is 0.0838. The fraction of sp³-hybridized carbons (Fsp3) is 0.800. The van der Waals surface area contributed by atoms with Gasteiger partial charge in [-0.15, -0.1) is 0 Å². The Labute approximate surface area is 88.5 Å². The van der Waals surface area contributed by atoms with Crippen LogP contribution < -0.4 is 0 Å². The molecule has 0 amide bonds. The molecule has 3 atom stereocenters. The molecule has 0 aliphatic carbocycles. The Kier molecular flexibility index (Phi) is 8.40. The molecule has 0 heterocycles. The normalized spacial score (nSPS) is 15.1. The molecule has 0 saturated carbocycles. The van der Waals surface area contributed by atoms with Crippen molar-refractivity contribution in [2.24, 2.45) is 0 Å². The number of hydrogen-bond acceptors (Lipinski definition) is 3. The summed E-state index contributed by atoms with van der Waals surface area (Å²) in [7, 11) is 2.17. The van der Waals surface area contributed by atoms with E-state index in [1.807, 2.05) is 6.92 Å². The highest BCUT2D eigenvalue weighted by Gasteiger charge is 2.14. The van der Waals surface area contributed by atoms with Crippen LogP contribution in [0.25, 0.3) is 0 Å². The van der Waals surface area contributed by atoms with Crippen LogP contribution in [0, 0.1) is 0 Å². The molecule has 0 spiro atoms. The van der Waals surface area contributed by atoms with Gasteiger partial charge in [0.05, 0.1) is 12.2 Å². The SMILES string of the molecule is C=C(CC)C[C@H](O)C[C@H](CCO)OP. The van der Waals surface area contributed by atoms with Crippen LogP contribution >= 0.6 is 9.47 Å². The zero-order valence-corrected chi connectivity index (χ0v) is 9.93. The topological polar surface area (TPSA) is 49.7 Å². The summed E-state index contributed by atoms with van der Waals surface area (Å²) in [5, 5.41) is 18.4. The lowest BCUT2D eigenvalue weighted by Crippen LogP contribution is -2.19.